The average Bonchev–Trinajstić information content (AvgIpc) is 2.42. The number of benzene rings is 2. The van der Waals surface area contributed by atoms with Crippen LogP contribution in [-0.4, -0.2) is 12.6 Å². The maximum Gasteiger partial charge on any atom is 1.00 e. The number of methoxy groups -OCH3 is 1. The first-order valence-electron chi connectivity index (χ1n) is 6.65. The summed E-state index contributed by atoms with van der Waals surface area (Å²) in [6.07, 6.45) is 0. The van der Waals surface area contributed by atoms with Crippen molar-refractivity contribution in [1.29, 1.82) is 0 Å². The van der Waals surface area contributed by atoms with Crippen LogP contribution in [0.4, 0.5) is 0 Å². The van der Waals surface area contributed by atoms with E-state index in [0.717, 1.165) is 16.4 Å². The predicted octanol–water partition coefficient (Wildman–Crippen LogP) is 1.53. The molecule has 0 saturated heterocycles. The average molecular weight is 329 g/mol. The molecule has 1 unspecified atom stereocenters. The van der Waals surface area contributed by atoms with Crippen LogP contribution >= 0.6 is 20.2 Å². The molecule has 0 N–H and O–H groups in total. The minimum Gasteiger partial charge on any atom is -1.00 e. The van der Waals surface area contributed by atoms with Crippen LogP contribution < -0.4 is 28.9 Å². The summed E-state index contributed by atoms with van der Waals surface area (Å²) >= 11 is 6.18. The van der Waals surface area contributed by atoms with Crippen LogP contribution in [0.3, 0.4) is 0 Å². The topological polar surface area (TPSA) is 26.3 Å². The first-order chi connectivity index (χ1) is 9.93. The number of hydrogen-bond acceptors (Lipinski definition) is 2. The maximum absolute atomic E-state index is 12.7. The van der Waals surface area contributed by atoms with Gasteiger partial charge in [0, 0.05) is 0 Å². The Labute approximate surface area is 152 Å². The number of carbonyl (C=O) groups excluding carboxylic acids is 1. The maximum atomic E-state index is 12.7. The SMILES string of the molecule is COc1cccc(Cl)c1C(=O)Pc1c(C)cc(C)cc1C.[H-].[Li+]. The molecular formula is C17H19ClLiO2P. The quantitative estimate of drug-likeness (QED) is 0.628. The van der Waals surface area contributed by atoms with Gasteiger partial charge in [-0.2, -0.15) is 0 Å². The van der Waals surface area contributed by atoms with Gasteiger partial charge < -0.3 is 6.16 Å². The molecule has 0 heterocycles. The Hall–Kier alpha value is -0.773. The minimum atomic E-state index is 0. The van der Waals surface area contributed by atoms with E-state index in [2.05, 4.69) is 19.1 Å². The summed E-state index contributed by atoms with van der Waals surface area (Å²) in [5.41, 5.74) is 3.98. The van der Waals surface area contributed by atoms with E-state index < -0.39 is 0 Å². The largest absolute Gasteiger partial charge is 1.00 e. The summed E-state index contributed by atoms with van der Waals surface area (Å²) in [5, 5.41) is 1.53. The molecule has 0 spiro atoms. The van der Waals surface area contributed by atoms with E-state index >= 15 is 0 Å². The molecule has 0 bridgehead atoms. The van der Waals surface area contributed by atoms with Gasteiger partial charge in [-0.25, -0.2) is 0 Å². The summed E-state index contributed by atoms with van der Waals surface area (Å²) in [4.78, 5) is 12.7. The number of halogens is 1. The van der Waals surface area contributed by atoms with Crippen LogP contribution in [0, 0.1) is 20.8 Å². The molecule has 2 aromatic carbocycles. The Kier molecular flexibility index (Phi) is 7.17. The van der Waals surface area contributed by atoms with Crippen LogP contribution in [0.5, 0.6) is 5.75 Å². The Balaban J connectivity index is 0.00000242. The molecule has 112 valence electrons. The van der Waals surface area contributed by atoms with Gasteiger partial charge in [0.2, 0.25) is 0 Å². The molecule has 0 fully saturated rings. The Morgan fingerprint density at radius 1 is 1.18 bits per heavy atom. The second-order valence-electron chi connectivity index (χ2n) is 5.04. The molecule has 5 heteroatoms. The van der Waals surface area contributed by atoms with Crippen molar-refractivity contribution in [3.8, 4) is 5.75 Å². The summed E-state index contributed by atoms with van der Waals surface area (Å²) in [7, 11) is 1.59. The number of ether oxygens (including phenoxy) is 1. The summed E-state index contributed by atoms with van der Waals surface area (Å²) in [5.74, 6) is 0.530. The molecule has 0 aliphatic heterocycles. The van der Waals surface area contributed by atoms with E-state index in [9.17, 15) is 4.79 Å². The van der Waals surface area contributed by atoms with Gasteiger partial charge in [-0.1, -0.05) is 35.4 Å². The van der Waals surface area contributed by atoms with Crippen molar-refractivity contribution in [2.45, 2.75) is 20.8 Å². The van der Waals surface area contributed by atoms with Crippen molar-refractivity contribution in [1.82, 2.24) is 0 Å². The van der Waals surface area contributed by atoms with Gasteiger partial charge in [0.05, 0.1) is 17.7 Å². The van der Waals surface area contributed by atoms with Crippen molar-refractivity contribution >= 4 is 31.0 Å². The number of carbonyl (C=O) groups is 1. The molecule has 2 nitrogen and oxygen atoms in total. The van der Waals surface area contributed by atoms with Crippen LogP contribution in [0.1, 0.15) is 28.5 Å². The third kappa shape index (κ3) is 4.15. The molecule has 22 heavy (non-hydrogen) atoms. The van der Waals surface area contributed by atoms with Gasteiger partial charge in [0.15, 0.2) is 5.52 Å². The number of aryl methyl sites for hydroxylation is 3. The zero-order valence-electron chi connectivity index (χ0n) is 14.6. The van der Waals surface area contributed by atoms with Crippen LogP contribution in [0.15, 0.2) is 30.3 Å². The van der Waals surface area contributed by atoms with E-state index in [0.29, 0.717) is 16.3 Å². The van der Waals surface area contributed by atoms with Crippen molar-refractivity contribution in [3.05, 3.63) is 57.6 Å². The Bertz CT molecular complexity index is 684. The standard InChI is InChI=1S/C17H18ClO2P.Li.H/c1-10-8-11(2)16(12(3)9-10)21-17(19)15-13(18)6-5-7-14(15)20-4;;/h5-9,21H,1-4H3;;/q;+1;-1. The van der Waals surface area contributed by atoms with E-state index in [4.69, 9.17) is 16.3 Å². The molecule has 0 amide bonds. The zero-order valence-corrected chi connectivity index (χ0v) is 15.3. The summed E-state index contributed by atoms with van der Waals surface area (Å²) in [6.45, 7) is 6.14. The fourth-order valence-electron chi connectivity index (χ4n) is 2.45. The monoisotopic (exact) mass is 328 g/mol. The zero-order chi connectivity index (χ0) is 15.6. The normalized spacial score (nSPS) is 10.6. The Morgan fingerprint density at radius 3 is 2.32 bits per heavy atom. The van der Waals surface area contributed by atoms with Gasteiger partial charge in [-0.05, 0) is 57.9 Å². The number of rotatable bonds is 4. The van der Waals surface area contributed by atoms with Gasteiger partial charge in [0.1, 0.15) is 5.75 Å². The second kappa shape index (κ2) is 8.18. The van der Waals surface area contributed by atoms with E-state index in [-0.39, 0.29) is 34.4 Å². The number of hydrogen-bond donors (Lipinski definition) is 0. The predicted molar refractivity (Wildman–Crippen MR) is 92.0 cm³/mol. The minimum absolute atomic E-state index is 0. The summed E-state index contributed by atoms with van der Waals surface area (Å²) in [6, 6.07) is 9.47. The molecule has 2 aromatic rings. The van der Waals surface area contributed by atoms with Gasteiger partial charge >= 0.3 is 18.9 Å². The van der Waals surface area contributed by atoms with E-state index in [1.54, 1.807) is 25.3 Å². The van der Waals surface area contributed by atoms with Gasteiger partial charge in [-0.3, -0.25) is 4.79 Å². The van der Waals surface area contributed by atoms with Gasteiger partial charge in [0.25, 0.3) is 0 Å². The van der Waals surface area contributed by atoms with Crippen LogP contribution in [0.25, 0.3) is 0 Å². The first kappa shape index (κ1) is 19.3. The van der Waals surface area contributed by atoms with E-state index in [1.165, 1.54) is 5.56 Å². The van der Waals surface area contributed by atoms with Crippen LogP contribution in [-0.2, 0) is 0 Å². The van der Waals surface area contributed by atoms with Crippen molar-refractivity contribution in [2.24, 2.45) is 0 Å². The van der Waals surface area contributed by atoms with Crippen molar-refractivity contribution < 1.29 is 29.8 Å². The molecule has 1 atom stereocenters. The molecule has 0 aliphatic carbocycles. The molecule has 0 saturated carbocycles. The molecule has 0 radical (unpaired) electrons. The van der Waals surface area contributed by atoms with Crippen molar-refractivity contribution in [3.63, 3.8) is 0 Å². The fraction of sp³-hybridized carbons (Fsp3) is 0.235. The summed E-state index contributed by atoms with van der Waals surface area (Å²) < 4.78 is 5.26. The molecule has 0 aromatic heterocycles. The first-order valence-corrected chi connectivity index (χ1v) is 8.03. The van der Waals surface area contributed by atoms with Crippen LogP contribution in [0.2, 0.25) is 5.02 Å². The van der Waals surface area contributed by atoms with Crippen molar-refractivity contribution in [2.75, 3.05) is 7.11 Å². The fourth-order valence-corrected chi connectivity index (χ4v) is 3.93. The third-order valence-electron chi connectivity index (χ3n) is 3.34. The smallest absolute Gasteiger partial charge is 1.00 e. The Morgan fingerprint density at radius 2 is 1.77 bits per heavy atom. The van der Waals surface area contributed by atoms with E-state index in [1.807, 2.05) is 13.8 Å². The van der Waals surface area contributed by atoms with Gasteiger partial charge in [-0.15, -0.1) is 0 Å². The second-order valence-corrected chi connectivity index (χ2v) is 6.66. The molecule has 0 aliphatic rings. The molecule has 2 rings (SSSR count). The third-order valence-corrected chi connectivity index (χ3v) is 5.17. The molecular weight excluding hydrogens is 310 g/mol.